The van der Waals surface area contributed by atoms with Crippen molar-refractivity contribution >= 4 is 27.6 Å². The molecule has 0 saturated carbocycles. The predicted molar refractivity (Wildman–Crippen MR) is 141 cm³/mol. The molecule has 3 aromatic rings. The Morgan fingerprint density at radius 3 is 2.64 bits per heavy atom. The van der Waals surface area contributed by atoms with E-state index in [-0.39, 0.29) is 30.5 Å². The highest BCUT2D eigenvalue weighted by atomic mass is 32.2. The summed E-state index contributed by atoms with van der Waals surface area (Å²) in [7, 11) is -3.82. The lowest BCUT2D eigenvalue weighted by Crippen LogP contribution is -2.52. The SMILES string of the molecule is CCCC(NC(=O)c1ccc(-c2cnco2)cc1)C(=O)N1CCC2C1C(=O)CN2S(=O)(=O)Cc1ccccn1. The molecule has 0 bridgehead atoms. The van der Waals surface area contributed by atoms with Gasteiger partial charge in [0.25, 0.3) is 5.91 Å². The quantitative estimate of drug-likeness (QED) is 0.426. The van der Waals surface area contributed by atoms with Crippen LogP contribution in [0.15, 0.2) is 65.7 Å². The zero-order valence-electron chi connectivity index (χ0n) is 21.4. The highest BCUT2D eigenvalue weighted by Crippen LogP contribution is 2.33. The van der Waals surface area contributed by atoms with Gasteiger partial charge in [-0.05, 0) is 37.1 Å². The Morgan fingerprint density at radius 1 is 1.18 bits per heavy atom. The smallest absolute Gasteiger partial charge is 0.251 e. The topological polar surface area (TPSA) is 143 Å². The molecule has 2 saturated heterocycles. The molecule has 0 spiro atoms. The van der Waals surface area contributed by atoms with Crippen molar-refractivity contribution in [3.8, 4) is 11.3 Å². The normalized spacial score (nSPS) is 20.1. The lowest BCUT2D eigenvalue weighted by Gasteiger charge is -2.28. The average molecular weight is 552 g/mol. The van der Waals surface area contributed by atoms with E-state index in [0.29, 0.717) is 36.3 Å². The summed E-state index contributed by atoms with van der Waals surface area (Å²) in [5.41, 5.74) is 1.52. The van der Waals surface area contributed by atoms with Crippen molar-refractivity contribution in [3.63, 3.8) is 0 Å². The molecule has 2 fully saturated rings. The molecule has 1 aromatic carbocycles. The van der Waals surface area contributed by atoms with Gasteiger partial charge < -0.3 is 14.6 Å². The number of likely N-dealkylation sites (tertiary alicyclic amines) is 1. The van der Waals surface area contributed by atoms with Gasteiger partial charge in [-0.1, -0.05) is 31.5 Å². The molecule has 0 radical (unpaired) electrons. The lowest BCUT2D eigenvalue weighted by atomic mass is 10.1. The van der Waals surface area contributed by atoms with E-state index in [1.807, 2.05) is 6.92 Å². The van der Waals surface area contributed by atoms with Crippen molar-refractivity contribution in [2.45, 2.75) is 50.1 Å². The molecule has 3 unspecified atom stereocenters. The summed E-state index contributed by atoms with van der Waals surface area (Å²) in [6, 6.07) is 9.42. The van der Waals surface area contributed by atoms with Gasteiger partial charge >= 0.3 is 0 Å². The number of nitrogens with one attached hydrogen (secondary N) is 1. The van der Waals surface area contributed by atoms with Crippen LogP contribution in [0.2, 0.25) is 0 Å². The van der Waals surface area contributed by atoms with Crippen molar-refractivity contribution in [1.29, 1.82) is 0 Å². The number of carbonyl (C=O) groups is 3. The Kier molecular flexibility index (Phi) is 7.58. The molecule has 0 aliphatic carbocycles. The number of oxazole rings is 1. The standard InChI is InChI=1S/C27H29N5O6S/c1-2-5-21(30-26(34)19-9-7-18(8-10-19)24-14-28-17-38-24)27(35)31-13-11-22-25(31)23(33)15-32(22)39(36,37)16-20-6-3-4-12-29-20/h3-4,6-10,12,14,17,21-22,25H,2,5,11,13,15-16H2,1H3,(H,30,34). The van der Waals surface area contributed by atoms with Gasteiger partial charge in [-0.15, -0.1) is 0 Å². The molecule has 1 N–H and O–H groups in total. The Balaban J connectivity index is 1.28. The molecule has 204 valence electrons. The van der Waals surface area contributed by atoms with Crippen molar-refractivity contribution in [1.82, 2.24) is 24.5 Å². The Bertz CT molecular complexity index is 1440. The van der Waals surface area contributed by atoms with Crippen LogP contribution < -0.4 is 5.32 Å². The summed E-state index contributed by atoms with van der Waals surface area (Å²) in [5.74, 6) is -0.864. The van der Waals surface area contributed by atoms with Crippen molar-refractivity contribution < 1.29 is 27.2 Å². The minimum absolute atomic E-state index is 0.234. The molecule has 2 amide bonds. The van der Waals surface area contributed by atoms with E-state index in [4.69, 9.17) is 4.42 Å². The Labute approximate surface area is 226 Å². The third-order valence-electron chi connectivity index (χ3n) is 7.12. The molecule has 11 nitrogen and oxygen atoms in total. The number of hydrogen-bond donors (Lipinski definition) is 1. The lowest BCUT2D eigenvalue weighted by molar-refractivity contribution is -0.138. The average Bonchev–Trinajstić information content (AvgIpc) is 3.68. The van der Waals surface area contributed by atoms with Gasteiger partial charge in [0.1, 0.15) is 17.8 Å². The molecule has 12 heteroatoms. The Hall–Kier alpha value is -3.90. The van der Waals surface area contributed by atoms with Gasteiger partial charge in [-0.2, -0.15) is 4.31 Å². The third kappa shape index (κ3) is 5.48. The second-order valence-electron chi connectivity index (χ2n) is 9.68. The second-order valence-corrected chi connectivity index (χ2v) is 11.6. The number of nitrogens with zero attached hydrogens (tertiary/aromatic N) is 4. The van der Waals surface area contributed by atoms with Gasteiger partial charge in [0, 0.05) is 23.9 Å². The number of amides is 2. The third-order valence-corrected chi connectivity index (χ3v) is 8.89. The maximum absolute atomic E-state index is 13.6. The van der Waals surface area contributed by atoms with Crippen LogP contribution in [-0.4, -0.2) is 76.4 Å². The minimum atomic E-state index is -3.82. The molecule has 39 heavy (non-hydrogen) atoms. The largest absolute Gasteiger partial charge is 0.444 e. The fourth-order valence-electron chi connectivity index (χ4n) is 5.27. The molecule has 2 aliphatic rings. The predicted octanol–water partition coefficient (Wildman–Crippen LogP) is 2.02. The number of ketones is 1. The molecule has 3 atom stereocenters. The first-order valence-corrected chi connectivity index (χ1v) is 14.4. The number of fused-ring (bicyclic) bond motifs is 1. The summed E-state index contributed by atoms with van der Waals surface area (Å²) in [5, 5.41) is 2.82. The Morgan fingerprint density at radius 2 is 1.97 bits per heavy atom. The number of rotatable bonds is 9. The number of carbonyl (C=O) groups excluding carboxylic acids is 3. The fraction of sp³-hybridized carbons (Fsp3) is 0.370. The summed E-state index contributed by atoms with van der Waals surface area (Å²) >= 11 is 0. The first-order chi connectivity index (χ1) is 18.8. The van der Waals surface area contributed by atoms with Crippen molar-refractivity contribution in [2.24, 2.45) is 0 Å². The summed E-state index contributed by atoms with van der Waals surface area (Å²) < 4.78 is 32.8. The number of pyridine rings is 1. The number of Topliss-reactive ketones (excluding diaryl/α,β-unsaturated/α-hetero) is 1. The van der Waals surface area contributed by atoms with Crippen LogP contribution in [0.1, 0.15) is 42.2 Å². The van der Waals surface area contributed by atoms with Crippen molar-refractivity contribution in [2.75, 3.05) is 13.1 Å². The number of hydrogen-bond acceptors (Lipinski definition) is 8. The van der Waals surface area contributed by atoms with E-state index >= 15 is 0 Å². The first kappa shape index (κ1) is 26.7. The second kappa shape index (κ2) is 11.1. The van der Waals surface area contributed by atoms with Gasteiger partial charge in [0.15, 0.2) is 17.9 Å². The van der Waals surface area contributed by atoms with Crippen molar-refractivity contribution in [3.05, 3.63) is 72.5 Å². The van der Waals surface area contributed by atoms with Crippen LogP contribution in [0.4, 0.5) is 0 Å². The molecule has 5 rings (SSSR count). The van der Waals surface area contributed by atoms with E-state index in [2.05, 4.69) is 15.3 Å². The van der Waals surface area contributed by atoms with Gasteiger partial charge in [0.2, 0.25) is 15.9 Å². The molecule has 2 aliphatic heterocycles. The van der Waals surface area contributed by atoms with E-state index in [1.165, 1.54) is 21.8 Å². The molecule has 2 aromatic heterocycles. The maximum Gasteiger partial charge on any atom is 0.251 e. The molecular weight excluding hydrogens is 522 g/mol. The van der Waals surface area contributed by atoms with E-state index < -0.39 is 34.1 Å². The number of benzene rings is 1. The van der Waals surface area contributed by atoms with Crippen LogP contribution in [0, 0.1) is 0 Å². The van der Waals surface area contributed by atoms with Crippen LogP contribution >= 0.6 is 0 Å². The van der Waals surface area contributed by atoms with Crippen LogP contribution in [0.25, 0.3) is 11.3 Å². The zero-order valence-corrected chi connectivity index (χ0v) is 22.2. The number of aromatic nitrogens is 2. The van der Waals surface area contributed by atoms with Crippen LogP contribution in [0.5, 0.6) is 0 Å². The van der Waals surface area contributed by atoms with E-state index in [0.717, 1.165) is 5.56 Å². The zero-order chi connectivity index (χ0) is 27.6. The number of sulfonamides is 1. The summed E-state index contributed by atoms with van der Waals surface area (Å²) in [6.07, 6.45) is 5.77. The van der Waals surface area contributed by atoms with Gasteiger partial charge in [0.05, 0.1) is 24.5 Å². The summed E-state index contributed by atoms with van der Waals surface area (Å²) in [6.45, 7) is 1.85. The highest BCUT2D eigenvalue weighted by molar-refractivity contribution is 7.88. The van der Waals surface area contributed by atoms with Crippen LogP contribution in [-0.2, 0) is 25.4 Å². The maximum atomic E-state index is 13.6. The first-order valence-electron chi connectivity index (χ1n) is 12.8. The summed E-state index contributed by atoms with van der Waals surface area (Å²) in [4.78, 5) is 49.1. The van der Waals surface area contributed by atoms with Gasteiger partial charge in [-0.3, -0.25) is 19.4 Å². The molecule has 4 heterocycles. The van der Waals surface area contributed by atoms with E-state index in [1.54, 1.807) is 48.7 Å². The molecular formula is C27H29N5O6S. The van der Waals surface area contributed by atoms with Crippen LogP contribution in [0.3, 0.4) is 0 Å². The van der Waals surface area contributed by atoms with Gasteiger partial charge in [-0.25, -0.2) is 13.4 Å². The minimum Gasteiger partial charge on any atom is -0.444 e. The highest BCUT2D eigenvalue weighted by Gasteiger charge is 2.54. The monoisotopic (exact) mass is 551 g/mol. The van der Waals surface area contributed by atoms with E-state index in [9.17, 15) is 22.8 Å². The fourth-order valence-corrected chi connectivity index (χ4v) is 6.94.